The first-order valence-electron chi connectivity index (χ1n) is 3.66. The summed E-state index contributed by atoms with van der Waals surface area (Å²) >= 11 is 0. The van der Waals surface area contributed by atoms with Gasteiger partial charge < -0.3 is 4.74 Å². The molecule has 0 saturated heterocycles. The number of carbonyl (C=O) groups excluding carboxylic acids is 1. The van der Waals surface area contributed by atoms with Gasteiger partial charge in [-0.15, -0.1) is 0 Å². The Kier molecular flexibility index (Phi) is 4.14. The van der Waals surface area contributed by atoms with Crippen molar-refractivity contribution in [3.63, 3.8) is 0 Å². The predicted octanol–water partition coefficient (Wildman–Crippen LogP) is 2.85. The maximum atomic E-state index is 12.4. The van der Waals surface area contributed by atoms with Crippen LogP contribution in [-0.2, 0) is 9.53 Å². The van der Waals surface area contributed by atoms with Gasteiger partial charge in [-0.3, -0.25) is 0 Å². The maximum absolute atomic E-state index is 12.4. The molecule has 2 nitrogen and oxygen atoms in total. The minimum absolute atomic E-state index is 2.12. The van der Waals surface area contributed by atoms with E-state index in [1.165, 1.54) is 0 Å². The number of alkyl halides is 7. The van der Waals surface area contributed by atoms with Crippen molar-refractivity contribution in [2.75, 3.05) is 6.67 Å². The SMILES string of the molecule is C=C(F)C(=O)OC(F)(F)C(F)(F)C(F)(F)CF. The third-order valence-corrected chi connectivity index (χ3v) is 1.44. The molecular formula is C7H4F8O2. The molecule has 0 fully saturated rings. The van der Waals surface area contributed by atoms with Crippen molar-refractivity contribution >= 4 is 5.97 Å². The highest BCUT2D eigenvalue weighted by Gasteiger charge is 2.74. The zero-order chi connectivity index (χ0) is 14.1. The average molecular weight is 272 g/mol. The molecule has 0 spiro atoms. The number of halogens is 8. The fourth-order valence-corrected chi connectivity index (χ4v) is 0.533. The fourth-order valence-electron chi connectivity index (χ4n) is 0.533. The van der Waals surface area contributed by atoms with E-state index < -0.39 is 36.4 Å². The van der Waals surface area contributed by atoms with Gasteiger partial charge in [0.1, 0.15) is 0 Å². The van der Waals surface area contributed by atoms with Crippen molar-refractivity contribution in [3.8, 4) is 0 Å². The maximum Gasteiger partial charge on any atom is 0.473 e. The van der Waals surface area contributed by atoms with Crippen LogP contribution in [0.3, 0.4) is 0 Å². The van der Waals surface area contributed by atoms with E-state index in [-0.39, 0.29) is 0 Å². The molecule has 0 heterocycles. The smallest absolute Gasteiger partial charge is 0.391 e. The average Bonchev–Trinajstić information content (AvgIpc) is 2.16. The van der Waals surface area contributed by atoms with Gasteiger partial charge in [0.15, 0.2) is 6.67 Å². The first-order valence-corrected chi connectivity index (χ1v) is 3.66. The summed E-state index contributed by atoms with van der Waals surface area (Å²) < 4.78 is 100.0. The zero-order valence-corrected chi connectivity index (χ0v) is 7.75. The Labute approximate surface area is 88.8 Å². The molecule has 0 aliphatic heterocycles. The van der Waals surface area contributed by atoms with E-state index >= 15 is 0 Å². The summed E-state index contributed by atoms with van der Waals surface area (Å²) in [6.45, 7) is -0.999. The first-order chi connectivity index (χ1) is 7.39. The van der Waals surface area contributed by atoms with E-state index in [2.05, 4.69) is 11.3 Å². The van der Waals surface area contributed by atoms with Crippen LogP contribution in [0.5, 0.6) is 0 Å². The molecule has 0 amide bonds. The van der Waals surface area contributed by atoms with Gasteiger partial charge in [0.2, 0.25) is 5.83 Å². The Hall–Kier alpha value is -1.35. The van der Waals surface area contributed by atoms with Gasteiger partial charge in [0, 0.05) is 0 Å². The van der Waals surface area contributed by atoms with Gasteiger partial charge in [-0.1, -0.05) is 6.58 Å². The van der Waals surface area contributed by atoms with E-state index in [1.807, 2.05) is 0 Å². The Morgan fingerprint density at radius 1 is 1.12 bits per heavy atom. The van der Waals surface area contributed by atoms with E-state index in [4.69, 9.17) is 0 Å². The van der Waals surface area contributed by atoms with E-state index in [1.54, 1.807) is 0 Å². The number of hydrogen-bond donors (Lipinski definition) is 0. The molecule has 100 valence electrons. The second-order valence-corrected chi connectivity index (χ2v) is 2.72. The Morgan fingerprint density at radius 3 is 1.82 bits per heavy atom. The monoisotopic (exact) mass is 272 g/mol. The molecular weight excluding hydrogens is 268 g/mol. The molecule has 0 aliphatic carbocycles. The van der Waals surface area contributed by atoms with Crippen molar-refractivity contribution in [1.82, 2.24) is 0 Å². The molecule has 10 heteroatoms. The minimum atomic E-state index is -6.33. The van der Waals surface area contributed by atoms with Crippen molar-refractivity contribution < 1.29 is 44.7 Å². The van der Waals surface area contributed by atoms with Crippen LogP contribution in [0.2, 0.25) is 0 Å². The lowest BCUT2D eigenvalue weighted by Crippen LogP contribution is -2.57. The third kappa shape index (κ3) is 2.86. The van der Waals surface area contributed by atoms with Crippen LogP contribution in [0.25, 0.3) is 0 Å². The fraction of sp³-hybridized carbons (Fsp3) is 0.571. The van der Waals surface area contributed by atoms with Crippen molar-refractivity contribution in [3.05, 3.63) is 12.4 Å². The van der Waals surface area contributed by atoms with Gasteiger partial charge >= 0.3 is 23.9 Å². The Balaban J connectivity index is 5.17. The van der Waals surface area contributed by atoms with E-state index in [0.29, 0.717) is 0 Å². The van der Waals surface area contributed by atoms with Gasteiger partial charge in [0.25, 0.3) is 0 Å². The molecule has 0 aromatic carbocycles. The van der Waals surface area contributed by atoms with Gasteiger partial charge in [0.05, 0.1) is 0 Å². The summed E-state index contributed by atoms with van der Waals surface area (Å²) in [6.07, 6.45) is -6.09. The zero-order valence-electron chi connectivity index (χ0n) is 7.75. The second kappa shape index (κ2) is 4.49. The normalized spacial score (nSPS) is 13.4. The van der Waals surface area contributed by atoms with Crippen molar-refractivity contribution in [2.45, 2.75) is 18.0 Å². The molecule has 0 rings (SSSR count). The molecule has 0 N–H and O–H groups in total. The molecule has 0 unspecified atom stereocenters. The summed E-state index contributed by atoms with van der Waals surface area (Å²) in [7, 11) is 0. The number of esters is 1. The Morgan fingerprint density at radius 2 is 1.53 bits per heavy atom. The highest BCUT2D eigenvalue weighted by atomic mass is 19.4. The van der Waals surface area contributed by atoms with E-state index in [0.717, 1.165) is 0 Å². The largest absolute Gasteiger partial charge is 0.473 e. The number of ether oxygens (including phenoxy) is 1. The lowest BCUT2D eigenvalue weighted by molar-refractivity contribution is -0.385. The molecule has 0 bridgehead atoms. The van der Waals surface area contributed by atoms with Crippen LogP contribution in [0, 0.1) is 0 Å². The van der Waals surface area contributed by atoms with Crippen LogP contribution < -0.4 is 0 Å². The van der Waals surface area contributed by atoms with Gasteiger partial charge in [-0.25, -0.2) is 9.18 Å². The second-order valence-electron chi connectivity index (χ2n) is 2.72. The summed E-state index contributed by atoms with van der Waals surface area (Å²) in [5.74, 6) is -17.0. The minimum Gasteiger partial charge on any atom is -0.391 e. The predicted molar refractivity (Wildman–Crippen MR) is 37.2 cm³/mol. The molecule has 0 aliphatic rings. The molecule has 0 aromatic rings. The number of carbonyl (C=O) groups is 1. The number of hydrogen-bond acceptors (Lipinski definition) is 2. The van der Waals surface area contributed by atoms with Crippen LogP contribution in [0.1, 0.15) is 0 Å². The number of rotatable bonds is 5. The van der Waals surface area contributed by atoms with Crippen LogP contribution in [0.4, 0.5) is 35.1 Å². The summed E-state index contributed by atoms with van der Waals surface area (Å²) in [4.78, 5) is 10.2. The molecule has 0 atom stereocenters. The summed E-state index contributed by atoms with van der Waals surface area (Å²) in [6, 6.07) is 0. The highest BCUT2D eigenvalue weighted by molar-refractivity contribution is 5.85. The molecule has 17 heavy (non-hydrogen) atoms. The summed E-state index contributed by atoms with van der Waals surface area (Å²) in [5.41, 5.74) is 0. The van der Waals surface area contributed by atoms with Crippen LogP contribution >= 0.6 is 0 Å². The lowest BCUT2D eigenvalue weighted by atomic mass is 10.1. The van der Waals surface area contributed by atoms with E-state index in [9.17, 15) is 39.9 Å². The van der Waals surface area contributed by atoms with Crippen molar-refractivity contribution in [1.29, 1.82) is 0 Å². The highest BCUT2D eigenvalue weighted by Crippen LogP contribution is 2.46. The van der Waals surface area contributed by atoms with Gasteiger partial charge in [-0.2, -0.15) is 30.7 Å². The topological polar surface area (TPSA) is 26.3 Å². The van der Waals surface area contributed by atoms with Crippen LogP contribution in [0.15, 0.2) is 12.4 Å². The lowest BCUT2D eigenvalue weighted by Gasteiger charge is -2.29. The van der Waals surface area contributed by atoms with Crippen LogP contribution in [-0.4, -0.2) is 30.6 Å². The van der Waals surface area contributed by atoms with Gasteiger partial charge in [-0.05, 0) is 0 Å². The molecule has 0 aromatic heterocycles. The molecule has 0 saturated carbocycles. The molecule has 0 radical (unpaired) electrons. The standard InChI is InChI=1S/C7H4F8O2/c1-3(9)4(16)17-7(14,15)6(12,13)5(10,11)2-8/h1-2H2. The first kappa shape index (κ1) is 15.6. The summed E-state index contributed by atoms with van der Waals surface area (Å²) in [5, 5.41) is 0. The quantitative estimate of drug-likeness (QED) is 0.437. The Bertz CT molecular complexity index is 324. The third-order valence-electron chi connectivity index (χ3n) is 1.44. The van der Waals surface area contributed by atoms with Crippen molar-refractivity contribution in [2.24, 2.45) is 0 Å².